The number of hydrogen-bond acceptors (Lipinski definition) is 2. The highest BCUT2D eigenvalue weighted by atomic mass is 32.1. The van der Waals surface area contributed by atoms with Crippen molar-refractivity contribution in [3.63, 3.8) is 0 Å². The van der Waals surface area contributed by atoms with Gasteiger partial charge in [0, 0.05) is 12.1 Å². The zero-order valence-corrected chi connectivity index (χ0v) is 7.81. The van der Waals surface area contributed by atoms with Gasteiger partial charge in [-0.2, -0.15) is 5.26 Å². The molecule has 3 heteroatoms. The number of nitrogens with zero attached hydrogens (tertiary/aromatic N) is 2. The lowest BCUT2D eigenvalue weighted by molar-refractivity contribution is 0.402. The van der Waals surface area contributed by atoms with Gasteiger partial charge >= 0.3 is 0 Å². The molecule has 2 nitrogen and oxygen atoms in total. The van der Waals surface area contributed by atoms with Gasteiger partial charge < -0.3 is 4.90 Å². The van der Waals surface area contributed by atoms with Crippen LogP contribution in [0, 0.1) is 11.3 Å². The molecule has 64 valence electrons. The maximum absolute atomic E-state index is 8.53. The molecule has 0 atom stereocenters. The Bertz CT molecular complexity index is 223. The molecule has 2 heterocycles. The largest absolute Gasteiger partial charge is 0.359 e. The SMILES string of the molecule is N#CCC(=S)N1C2CCC1CC2. The molecule has 2 bridgehead atoms. The molecule has 0 spiro atoms. The van der Waals surface area contributed by atoms with Crippen LogP contribution in [-0.4, -0.2) is 22.0 Å². The van der Waals surface area contributed by atoms with Crippen LogP contribution >= 0.6 is 12.2 Å². The zero-order valence-electron chi connectivity index (χ0n) is 6.99. The van der Waals surface area contributed by atoms with E-state index in [2.05, 4.69) is 11.0 Å². The molecule has 0 saturated carbocycles. The smallest absolute Gasteiger partial charge is 0.0926 e. The Morgan fingerprint density at radius 1 is 1.33 bits per heavy atom. The average Bonchev–Trinajstić information content (AvgIpc) is 2.62. The summed E-state index contributed by atoms with van der Waals surface area (Å²) in [7, 11) is 0. The van der Waals surface area contributed by atoms with Crippen LogP contribution in [0.25, 0.3) is 0 Å². The molecule has 0 aliphatic carbocycles. The van der Waals surface area contributed by atoms with E-state index in [4.69, 9.17) is 17.5 Å². The number of rotatable bonds is 1. The van der Waals surface area contributed by atoms with E-state index in [0.717, 1.165) is 4.99 Å². The summed E-state index contributed by atoms with van der Waals surface area (Å²) < 4.78 is 0. The Labute approximate surface area is 78.2 Å². The third-order valence-electron chi connectivity index (χ3n) is 2.97. The van der Waals surface area contributed by atoms with Gasteiger partial charge in [0.2, 0.25) is 0 Å². The number of thiocarbonyl (C=S) groups is 1. The number of fused-ring (bicyclic) bond motifs is 2. The van der Waals surface area contributed by atoms with Gasteiger partial charge in [0.15, 0.2) is 0 Å². The van der Waals surface area contributed by atoms with E-state index in [1.807, 2.05) is 0 Å². The summed E-state index contributed by atoms with van der Waals surface area (Å²) in [6.45, 7) is 0. The predicted octanol–water partition coefficient (Wildman–Crippen LogP) is 1.85. The summed E-state index contributed by atoms with van der Waals surface area (Å²) in [6.07, 6.45) is 5.58. The topological polar surface area (TPSA) is 27.0 Å². The highest BCUT2D eigenvalue weighted by molar-refractivity contribution is 7.80. The summed E-state index contributed by atoms with van der Waals surface area (Å²) >= 11 is 5.21. The minimum Gasteiger partial charge on any atom is -0.359 e. The lowest BCUT2D eigenvalue weighted by Gasteiger charge is -2.23. The third kappa shape index (κ3) is 1.11. The van der Waals surface area contributed by atoms with Gasteiger partial charge in [-0.3, -0.25) is 0 Å². The quantitative estimate of drug-likeness (QED) is 0.576. The second kappa shape index (κ2) is 3.02. The Balaban J connectivity index is 2.05. The van der Waals surface area contributed by atoms with Gasteiger partial charge in [0.25, 0.3) is 0 Å². The maximum Gasteiger partial charge on any atom is 0.0926 e. The van der Waals surface area contributed by atoms with Crippen LogP contribution in [0.4, 0.5) is 0 Å². The van der Waals surface area contributed by atoms with Crippen LogP contribution in [0.3, 0.4) is 0 Å². The first-order valence-corrected chi connectivity index (χ1v) is 4.92. The van der Waals surface area contributed by atoms with Crippen LogP contribution in [-0.2, 0) is 0 Å². The Hall–Kier alpha value is -0.620. The first-order chi connectivity index (χ1) is 5.83. The molecular weight excluding hydrogens is 168 g/mol. The molecule has 0 aromatic rings. The molecule has 2 rings (SSSR count). The first kappa shape index (κ1) is 8.00. The average molecular weight is 180 g/mol. The van der Waals surface area contributed by atoms with Gasteiger partial charge in [-0.25, -0.2) is 0 Å². The molecule has 2 aliphatic rings. The van der Waals surface area contributed by atoms with Crippen LogP contribution in [0.2, 0.25) is 0 Å². The van der Waals surface area contributed by atoms with Crippen molar-refractivity contribution in [3.05, 3.63) is 0 Å². The highest BCUT2D eigenvalue weighted by Crippen LogP contribution is 2.37. The zero-order chi connectivity index (χ0) is 8.55. The van der Waals surface area contributed by atoms with E-state index in [1.165, 1.54) is 25.7 Å². The fraction of sp³-hybridized carbons (Fsp3) is 0.778. The van der Waals surface area contributed by atoms with E-state index < -0.39 is 0 Å². The fourth-order valence-electron chi connectivity index (χ4n) is 2.48. The molecule has 0 unspecified atom stereocenters. The van der Waals surface area contributed by atoms with E-state index in [-0.39, 0.29) is 0 Å². The lowest BCUT2D eigenvalue weighted by Crippen LogP contribution is -2.33. The molecule has 2 fully saturated rings. The van der Waals surface area contributed by atoms with Crippen molar-refractivity contribution >= 4 is 17.2 Å². The Morgan fingerprint density at radius 3 is 2.25 bits per heavy atom. The minimum absolute atomic E-state index is 0.433. The summed E-state index contributed by atoms with van der Waals surface area (Å²) in [4.78, 5) is 3.20. The van der Waals surface area contributed by atoms with Gasteiger partial charge in [-0.05, 0) is 25.7 Å². The second-order valence-corrected chi connectivity index (χ2v) is 4.07. The second-order valence-electron chi connectivity index (χ2n) is 3.60. The standard InChI is InChI=1S/C9H12N2S/c10-6-5-9(12)11-7-1-2-8(11)4-3-7/h7-8H,1-5H2. The summed E-state index contributed by atoms with van der Waals surface area (Å²) in [6, 6.07) is 3.48. The maximum atomic E-state index is 8.53. The minimum atomic E-state index is 0.433. The fourth-order valence-corrected chi connectivity index (χ4v) is 2.84. The molecule has 0 aromatic carbocycles. The van der Waals surface area contributed by atoms with Gasteiger partial charge in [0.05, 0.1) is 17.5 Å². The van der Waals surface area contributed by atoms with Crippen LogP contribution < -0.4 is 0 Å². The molecule has 0 N–H and O–H groups in total. The van der Waals surface area contributed by atoms with Gasteiger partial charge in [-0.15, -0.1) is 0 Å². The van der Waals surface area contributed by atoms with Crippen molar-refractivity contribution < 1.29 is 0 Å². The highest BCUT2D eigenvalue weighted by Gasteiger charge is 2.39. The van der Waals surface area contributed by atoms with Crippen LogP contribution in [0.1, 0.15) is 32.1 Å². The van der Waals surface area contributed by atoms with Crippen molar-refractivity contribution in [1.29, 1.82) is 5.26 Å². The molecule has 12 heavy (non-hydrogen) atoms. The van der Waals surface area contributed by atoms with Gasteiger partial charge in [-0.1, -0.05) is 12.2 Å². The number of nitriles is 1. The van der Waals surface area contributed by atoms with E-state index in [0.29, 0.717) is 18.5 Å². The normalized spacial score (nSPS) is 32.1. The van der Waals surface area contributed by atoms with E-state index >= 15 is 0 Å². The summed E-state index contributed by atoms with van der Waals surface area (Å²) in [5, 5.41) is 8.53. The summed E-state index contributed by atoms with van der Waals surface area (Å²) in [5.74, 6) is 0. The molecule has 0 amide bonds. The van der Waals surface area contributed by atoms with E-state index in [9.17, 15) is 0 Å². The van der Waals surface area contributed by atoms with E-state index in [1.54, 1.807) is 0 Å². The van der Waals surface area contributed by atoms with Crippen molar-refractivity contribution in [1.82, 2.24) is 4.90 Å². The van der Waals surface area contributed by atoms with Gasteiger partial charge in [0.1, 0.15) is 0 Å². The van der Waals surface area contributed by atoms with Crippen molar-refractivity contribution in [3.8, 4) is 6.07 Å². The van der Waals surface area contributed by atoms with Crippen molar-refractivity contribution in [2.24, 2.45) is 0 Å². The predicted molar refractivity (Wildman–Crippen MR) is 50.7 cm³/mol. The molecular formula is C9H12N2S. The monoisotopic (exact) mass is 180 g/mol. The first-order valence-electron chi connectivity index (χ1n) is 4.51. The number of hydrogen-bond donors (Lipinski definition) is 0. The molecule has 0 radical (unpaired) electrons. The Morgan fingerprint density at radius 2 is 1.83 bits per heavy atom. The van der Waals surface area contributed by atoms with Crippen molar-refractivity contribution in [2.45, 2.75) is 44.2 Å². The third-order valence-corrected chi connectivity index (χ3v) is 3.33. The van der Waals surface area contributed by atoms with Crippen LogP contribution in [0.5, 0.6) is 0 Å². The van der Waals surface area contributed by atoms with Crippen molar-refractivity contribution in [2.75, 3.05) is 0 Å². The Kier molecular flexibility index (Phi) is 2.02. The molecule has 2 saturated heterocycles. The molecule has 2 aliphatic heterocycles. The van der Waals surface area contributed by atoms with Crippen LogP contribution in [0.15, 0.2) is 0 Å². The summed E-state index contributed by atoms with van der Waals surface area (Å²) in [5.41, 5.74) is 0. The molecule has 0 aromatic heterocycles. The lowest BCUT2D eigenvalue weighted by atomic mass is 10.0.